The molecule has 0 fully saturated rings. The predicted octanol–water partition coefficient (Wildman–Crippen LogP) is 6.92. The second kappa shape index (κ2) is 9.27. The maximum Gasteiger partial charge on any atom is 0.283 e. The zero-order valence-corrected chi connectivity index (χ0v) is 22.5. The molecular weight excluding hydrogens is 485 g/mol. The van der Waals surface area contributed by atoms with Crippen molar-refractivity contribution in [3.63, 3.8) is 0 Å². The van der Waals surface area contributed by atoms with E-state index in [9.17, 15) is 8.42 Å². The fraction of sp³-hybridized carbons (Fsp3) is 0.172. The molecule has 1 unspecified atom stereocenters. The average Bonchev–Trinajstić information content (AvgIpc) is 3.27. The van der Waals surface area contributed by atoms with Crippen molar-refractivity contribution in [2.45, 2.75) is 37.9 Å². The average molecular weight is 514 g/mol. The van der Waals surface area contributed by atoms with Crippen LogP contribution in [0.3, 0.4) is 0 Å². The summed E-state index contributed by atoms with van der Waals surface area (Å²) in [5, 5.41) is 9.31. The van der Waals surface area contributed by atoms with Crippen LogP contribution in [0.15, 0.2) is 112 Å². The number of sulfonamides is 1. The van der Waals surface area contributed by atoms with Gasteiger partial charge in [-0.25, -0.2) is 0 Å². The largest absolute Gasteiger partial charge is 0.283 e. The molecule has 0 saturated carbocycles. The van der Waals surface area contributed by atoms with Gasteiger partial charge in [-0.3, -0.25) is 0 Å². The first-order chi connectivity index (χ1) is 17.2. The second-order valence-electron chi connectivity index (χ2n) is 9.19. The van der Waals surface area contributed by atoms with Gasteiger partial charge in [-0.05, 0) is 62.1 Å². The first-order valence-electron chi connectivity index (χ1n) is 11.8. The minimum atomic E-state index is -3.98. The molecule has 1 aliphatic rings. The molecule has 0 bridgehead atoms. The van der Waals surface area contributed by atoms with Gasteiger partial charge in [0.1, 0.15) is 8.07 Å². The maximum atomic E-state index is 14.2. The first-order valence-corrected chi connectivity index (χ1v) is 14.5. The van der Waals surface area contributed by atoms with Gasteiger partial charge < -0.3 is 0 Å². The van der Waals surface area contributed by atoms with Crippen molar-refractivity contribution in [3.8, 4) is 0 Å². The van der Waals surface area contributed by atoms with Gasteiger partial charge in [0.2, 0.25) is 0 Å². The highest BCUT2D eigenvalue weighted by molar-refractivity contribution is 7.95. The van der Waals surface area contributed by atoms with Gasteiger partial charge >= 0.3 is 0 Å². The lowest BCUT2D eigenvalue weighted by Gasteiger charge is -2.36. The Hall–Kier alpha value is -3.34. The third-order valence-corrected chi connectivity index (χ3v) is 11.8. The number of aryl methyl sites for hydroxylation is 4. The van der Waals surface area contributed by atoms with Gasteiger partial charge in [0.25, 0.3) is 10.0 Å². The predicted molar refractivity (Wildman–Crippen MR) is 146 cm³/mol. The van der Waals surface area contributed by atoms with Crippen molar-refractivity contribution < 1.29 is 8.42 Å². The Morgan fingerprint density at radius 3 is 1.69 bits per heavy atom. The Balaban J connectivity index is 1.84. The van der Waals surface area contributed by atoms with E-state index in [0.29, 0.717) is 0 Å². The molecule has 5 nitrogen and oxygen atoms in total. The molecule has 1 atom stereocenters. The highest BCUT2D eigenvalue weighted by Crippen LogP contribution is 2.68. The van der Waals surface area contributed by atoms with E-state index in [4.69, 9.17) is 5.11 Å². The van der Waals surface area contributed by atoms with Gasteiger partial charge in [-0.15, -0.1) is 9.30 Å². The van der Waals surface area contributed by atoms with Crippen molar-refractivity contribution in [1.29, 1.82) is 0 Å². The van der Waals surface area contributed by atoms with Crippen LogP contribution in [0.5, 0.6) is 0 Å². The lowest BCUT2D eigenvalue weighted by molar-refractivity contribution is 0.542. The van der Waals surface area contributed by atoms with Crippen LogP contribution in [0.1, 0.15) is 33.4 Å². The lowest BCUT2D eigenvalue weighted by Crippen LogP contribution is -2.34. The third-order valence-electron chi connectivity index (χ3n) is 6.48. The minimum Gasteiger partial charge on any atom is -0.199 e. The van der Waals surface area contributed by atoms with E-state index in [0.717, 1.165) is 38.7 Å². The van der Waals surface area contributed by atoms with E-state index in [-0.39, 0.29) is 4.90 Å². The van der Waals surface area contributed by atoms with Crippen LogP contribution in [0, 0.1) is 27.7 Å². The number of benzene rings is 4. The molecule has 7 heteroatoms. The highest BCUT2D eigenvalue weighted by atomic mass is 32.2. The Labute approximate surface area is 214 Å². The third kappa shape index (κ3) is 3.95. The second-order valence-corrected chi connectivity index (χ2v) is 13.3. The summed E-state index contributed by atoms with van der Waals surface area (Å²) >= 11 is 0. The summed E-state index contributed by atoms with van der Waals surface area (Å²) in [5.74, 6) is 0. The van der Waals surface area contributed by atoms with Crippen LogP contribution in [0.4, 0.5) is 0 Å². The Morgan fingerprint density at radius 2 is 1.19 bits per heavy atom. The van der Waals surface area contributed by atoms with E-state index in [1.165, 1.54) is 4.18 Å². The van der Waals surface area contributed by atoms with E-state index in [1.807, 2.05) is 93.6 Å². The van der Waals surface area contributed by atoms with Crippen molar-refractivity contribution in [1.82, 2.24) is 4.18 Å². The smallest absolute Gasteiger partial charge is 0.199 e. The molecule has 4 aromatic carbocycles. The van der Waals surface area contributed by atoms with E-state index in [1.54, 1.807) is 12.1 Å². The number of hydrogen-bond acceptors (Lipinski definition) is 4. The fourth-order valence-electron chi connectivity index (χ4n) is 4.89. The summed E-state index contributed by atoms with van der Waals surface area (Å²) in [6.07, 6.45) is 0. The van der Waals surface area contributed by atoms with Crippen molar-refractivity contribution in [2.75, 3.05) is 0 Å². The Morgan fingerprint density at radius 1 is 0.694 bits per heavy atom. The molecule has 0 radical (unpaired) electrons. The molecule has 182 valence electrons. The fourth-order valence-corrected chi connectivity index (χ4v) is 10.0. The topological polar surface area (TPSA) is 62.1 Å². The molecule has 0 N–H and O–H groups in total. The quantitative estimate of drug-likeness (QED) is 0.272. The minimum absolute atomic E-state index is 0.207. The Kier molecular flexibility index (Phi) is 6.27. The normalized spacial score (nSPS) is 16.9. The zero-order chi connectivity index (χ0) is 25.5. The summed E-state index contributed by atoms with van der Waals surface area (Å²) in [4.78, 5) is 0.207. The molecule has 0 amide bonds. The van der Waals surface area contributed by atoms with Gasteiger partial charge in [0, 0.05) is 5.30 Å². The zero-order valence-electron chi connectivity index (χ0n) is 20.8. The van der Waals surface area contributed by atoms with Crippen LogP contribution < -0.4 is 5.30 Å². The van der Waals surface area contributed by atoms with Crippen molar-refractivity contribution in [2.24, 2.45) is 10.3 Å². The lowest BCUT2D eigenvalue weighted by atomic mass is 9.98. The molecule has 0 aromatic heterocycles. The van der Waals surface area contributed by atoms with Crippen LogP contribution in [-0.2, 0) is 15.3 Å². The number of rotatable bonds is 5. The van der Waals surface area contributed by atoms with Crippen LogP contribution in [0.25, 0.3) is 0 Å². The summed E-state index contributed by atoms with van der Waals surface area (Å²) in [6, 6.07) is 31.0. The number of nitrogens with zero attached hydrogens (tertiary/aromatic N) is 3. The van der Waals surface area contributed by atoms with Crippen molar-refractivity contribution >= 4 is 23.4 Å². The van der Waals surface area contributed by atoms with Crippen LogP contribution in [-0.4, -0.2) is 12.6 Å². The van der Waals surface area contributed by atoms with Crippen LogP contribution in [0.2, 0.25) is 0 Å². The van der Waals surface area contributed by atoms with E-state index >= 15 is 0 Å². The highest BCUT2D eigenvalue weighted by Gasteiger charge is 2.55. The molecule has 4 aromatic rings. The summed E-state index contributed by atoms with van der Waals surface area (Å²) < 4.78 is 29.6. The molecular formula is C29H28N3O2PS. The molecule has 0 spiro atoms. The first kappa shape index (κ1) is 24.4. The monoisotopic (exact) mass is 513 g/mol. The van der Waals surface area contributed by atoms with Gasteiger partial charge in [-0.1, -0.05) is 101 Å². The van der Waals surface area contributed by atoms with Gasteiger partial charge in [0.15, 0.2) is 5.28 Å². The summed E-state index contributed by atoms with van der Waals surface area (Å²) in [6.45, 7) is 8.09. The standard InChI is InChI=1S/C29H28N3O2PS/c1-21-15-17-27(18-16-21)36(33,34)32-31-30-29(25-11-7-5-8-12-25,26-13-9-6-10-14-26)35(32)28-23(3)19-22(2)20-24(28)4/h5-20H,1-4H3. The molecule has 1 aliphatic heterocycles. The molecule has 0 aliphatic carbocycles. The molecule has 5 rings (SSSR count). The summed E-state index contributed by atoms with van der Waals surface area (Å²) in [5.41, 5.74) is 6.01. The SMILES string of the molecule is Cc1ccc(S(=O)(=O)N2N=NC(c3ccccc3)(c3ccccc3)P2c2c(C)cc(C)cc2C)cc1. The van der Waals surface area contributed by atoms with Crippen LogP contribution >= 0.6 is 8.07 Å². The molecule has 0 saturated heterocycles. The maximum absolute atomic E-state index is 14.2. The number of hydrogen-bond donors (Lipinski definition) is 0. The van der Waals surface area contributed by atoms with Gasteiger partial charge in [0.05, 0.1) is 4.90 Å². The Bertz CT molecular complexity index is 1470. The summed E-state index contributed by atoms with van der Waals surface area (Å²) in [7, 11) is -5.65. The van der Waals surface area contributed by atoms with E-state index in [2.05, 4.69) is 24.3 Å². The van der Waals surface area contributed by atoms with E-state index < -0.39 is 23.4 Å². The van der Waals surface area contributed by atoms with Gasteiger partial charge in [-0.2, -0.15) is 8.42 Å². The van der Waals surface area contributed by atoms with Crippen molar-refractivity contribution in [3.05, 3.63) is 130 Å². The molecule has 36 heavy (non-hydrogen) atoms. The molecule has 1 heterocycles.